The van der Waals surface area contributed by atoms with Gasteiger partial charge in [-0.15, -0.1) is 0 Å². The highest BCUT2D eigenvalue weighted by Gasteiger charge is 2.36. The quantitative estimate of drug-likeness (QED) is 0.864. The zero-order valence-electron chi connectivity index (χ0n) is 11.7. The fourth-order valence-corrected chi connectivity index (χ4v) is 2.49. The van der Waals surface area contributed by atoms with Gasteiger partial charge < -0.3 is 9.47 Å². The summed E-state index contributed by atoms with van der Waals surface area (Å²) in [5.41, 5.74) is 1.77. The number of nitrogens with zero attached hydrogens (tertiary/aromatic N) is 3. The Balaban J connectivity index is 1.79. The molecule has 21 heavy (non-hydrogen) atoms. The van der Waals surface area contributed by atoms with Gasteiger partial charge in [-0.1, -0.05) is 18.7 Å². The second-order valence-electron chi connectivity index (χ2n) is 5.01. The molecule has 0 bridgehead atoms. The standard InChI is InChI=1S/C15H16N4O2/c1-3-13(20)19-9-8-12(19)14(21)17-15-16-10-6-4-5-7-11(10)18(15)2/h3-7,12H,1,8-9H2,2H3,(H,16,17,21)/t12-/m0/s1. The number of aromatic nitrogens is 2. The monoisotopic (exact) mass is 284 g/mol. The van der Waals surface area contributed by atoms with E-state index in [1.54, 1.807) is 0 Å². The summed E-state index contributed by atoms with van der Waals surface area (Å²) in [7, 11) is 1.85. The Morgan fingerprint density at radius 2 is 2.19 bits per heavy atom. The number of carbonyl (C=O) groups excluding carboxylic acids is 2. The van der Waals surface area contributed by atoms with E-state index >= 15 is 0 Å². The summed E-state index contributed by atoms with van der Waals surface area (Å²) in [6.45, 7) is 4.03. The van der Waals surface area contributed by atoms with Crippen molar-refractivity contribution in [3.8, 4) is 0 Å². The number of fused-ring (bicyclic) bond motifs is 1. The second-order valence-corrected chi connectivity index (χ2v) is 5.01. The van der Waals surface area contributed by atoms with Gasteiger partial charge in [-0.05, 0) is 24.6 Å². The highest BCUT2D eigenvalue weighted by Crippen LogP contribution is 2.21. The van der Waals surface area contributed by atoms with Crippen molar-refractivity contribution in [1.29, 1.82) is 0 Å². The molecule has 1 atom stereocenters. The Bertz CT molecular complexity index is 734. The Morgan fingerprint density at radius 3 is 2.81 bits per heavy atom. The van der Waals surface area contributed by atoms with Crippen LogP contribution in [-0.2, 0) is 16.6 Å². The van der Waals surface area contributed by atoms with Gasteiger partial charge in [0.15, 0.2) is 0 Å². The lowest BCUT2D eigenvalue weighted by atomic mass is 10.0. The van der Waals surface area contributed by atoms with Crippen LogP contribution in [-0.4, -0.2) is 38.9 Å². The van der Waals surface area contributed by atoms with Crippen LogP contribution in [0.3, 0.4) is 0 Å². The third kappa shape index (κ3) is 2.18. The van der Waals surface area contributed by atoms with Crippen LogP contribution < -0.4 is 5.32 Å². The fourth-order valence-electron chi connectivity index (χ4n) is 2.49. The van der Waals surface area contributed by atoms with Gasteiger partial charge in [-0.2, -0.15) is 0 Å². The van der Waals surface area contributed by atoms with Gasteiger partial charge in [-0.25, -0.2) is 4.98 Å². The number of rotatable bonds is 3. The number of aryl methyl sites for hydroxylation is 1. The van der Waals surface area contributed by atoms with Crippen LogP contribution in [0.2, 0.25) is 0 Å². The summed E-state index contributed by atoms with van der Waals surface area (Å²) in [5.74, 6) is 0.0559. The van der Waals surface area contributed by atoms with Crippen LogP contribution >= 0.6 is 0 Å². The first-order valence-corrected chi connectivity index (χ1v) is 6.77. The van der Waals surface area contributed by atoms with Crippen molar-refractivity contribution in [1.82, 2.24) is 14.5 Å². The first-order chi connectivity index (χ1) is 10.1. The number of imidazole rings is 1. The maximum Gasteiger partial charge on any atom is 0.249 e. The van der Waals surface area contributed by atoms with Crippen LogP contribution in [0.1, 0.15) is 6.42 Å². The van der Waals surface area contributed by atoms with Gasteiger partial charge >= 0.3 is 0 Å². The average molecular weight is 284 g/mol. The van der Waals surface area contributed by atoms with E-state index in [1.165, 1.54) is 11.0 Å². The van der Waals surface area contributed by atoms with Crippen molar-refractivity contribution in [2.75, 3.05) is 11.9 Å². The van der Waals surface area contributed by atoms with Crippen LogP contribution in [0.4, 0.5) is 5.95 Å². The molecule has 1 aromatic carbocycles. The van der Waals surface area contributed by atoms with E-state index in [2.05, 4.69) is 16.9 Å². The van der Waals surface area contributed by atoms with E-state index < -0.39 is 6.04 Å². The van der Waals surface area contributed by atoms with Crippen LogP contribution in [0.25, 0.3) is 11.0 Å². The SMILES string of the molecule is C=CC(=O)N1CC[C@H]1C(=O)Nc1nc2ccccc2n1C. The van der Waals surface area contributed by atoms with E-state index in [-0.39, 0.29) is 11.8 Å². The Morgan fingerprint density at radius 1 is 1.43 bits per heavy atom. The summed E-state index contributed by atoms with van der Waals surface area (Å²) in [4.78, 5) is 29.7. The molecule has 2 amide bonds. The molecular formula is C15H16N4O2. The minimum atomic E-state index is -0.435. The fraction of sp³-hybridized carbons (Fsp3) is 0.267. The van der Waals surface area contributed by atoms with Gasteiger partial charge in [-0.3, -0.25) is 14.9 Å². The third-order valence-corrected chi connectivity index (χ3v) is 3.80. The maximum atomic E-state index is 12.3. The van der Waals surface area contributed by atoms with Crippen LogP contribution in [0.5, 0.6) is 0 Å². The predicted octanol–water partition coefficient (Wildman–Crippen LogP) is 1.30. The number of hydrogen-bond acceptors (Lipinski definition) is 3. The average Bonchev–Trinajstić information content (AvgIpc) is 2.74. The van der Waals surface area contributed by atoms with Crippen molar-refractivity contribution in [2.45, 2.75) is 12.5 Å². The first kappa shape index (κ1) is 13.4. The number of amides is 2. The molecule has 1 saturated heterocycles. The van der Waals surface area contributed by atoms with Gasteiger partial charge in [0.1, 0.15) is 6.04 Å². The minimum absolute atomic E-state index is 0.213. The first-order valence-electron chi connectivity index (χ1n) is 6.77. The number of benzene rings is 1. The van der Waals surface area contributed by atoms with Gasteiger partial charge in [0, 0.05) is 13.6 Å². The second kappa shape index (κ2) is 5.05. The van der Waals surface area contributed by atoms with Gasteiger partial charge in [0.2, 0.25) is 17.8 Å². The van der Waals surface area contributed by atoms with Crippen molar-refractivity contribution >= 4 is 28.8 Å². The molecule has 6 heteroatoms. The molecule has 108 valence electrons. The van der Waals surface area contributed by atoms with E-state index in [0.29, 0.717) is 18.9 Å². The van der Waals surface area contributed by atoms with Crippen LogP contribution in [0.15, 0.2) is 36.9 Å². The van der Waals surface area contributed by atoms with Crippen molar-refractivity contribution < 1.29 is 9.59 Å². The van der Waals surface area contributed by atoms with E-state index in [9.17, 15) is 9.59 Å². The van der Waals surface area contributed by atoms with Crippen molar-refractivity contribution in [2.24, 2.45) is 7.05 Å². The normalized spacial score (nSPS) is 17.4. The Hall–Kier alpha value is -2.63. The highest BCUT2D eigenvalue weighted by atomic mass is 16.2. The molecule has 0 aliphatic carbocycles. The highest BCUT2D eigenvalue weighted by molar-refractivity contribution is 6.00. The topological polar surface area (TPSA) is 67.2 Å². The molecule has 0 saturated carbocycles. The largest absolute Gasteiger partial charge is 0.327 e. The lowest BCUT2D eigenvalue weighted by molar-refractivity contribution is -0.141. The summed E-state index contributed by atoms with van der Waals surface area (Å²) < 4.78 is 1.82. The summed E-state index contributed by atoms with van der Waals surface area (Å²) in [6.07, 6.45) is 1.89. The van der Waals surface area contributed by atoms with E-state index in [0.717, 1.165) is 11.0 Å². The molecule has 1 fully saturated rings. The zero-order chi connectivity index (χ0) is 15.0. The molecule has 6 nitrogen and oxygen atoms in total. The molecule has 2 heterocycles. The van der Waals surface area contributed by atoms with Crippen molar-refractivity contribution in [3.05, 3.63) is 36.9 Å². The zero-order valence-corrected chi connectivity index (χ0v) is 11.7. The smallest absolute Gasteiger partial charge is 0.249 e. The molecule has 0 radical (unpaired) electrons. The lowest BCUT2D eigenvalue weighted by Gasteiger charge is -2.38. The number of carbonyl (C=O) groups is 2. The number of hydrogen-bond donors (Lipinski definition) is 1. The number of anilines is 1. The Labute approximate surface area is 122 Å². The third-order valence-electron chi connectivity index (χ3n) is 3.80. The Kier molecular flexibility index (Phi) is 3.21. The summed E-state index contributed by atoms with van der Waals surface area (Å²) in [6, 6.07) is 7.22. The molecule has 1 N–H and O–H groups in total. The summed E-state index contributed by atoms with van der Waals surface area (Å²) in [5, 5.41) is 2.80. The molecular weight excluding hydrogens is 268 g/mol. The number of nitrogens with one attached hydrogen (secondary N) is 1. The van der Waals surface area contributed by atoms with E-state index in [4.69, 9.17) is 0 Å². The molecule has 3 rings (SSSR count). The number of para-hydroxylation sites is 2. The molecule has 0 unspecified atom stereocenters. The van der Waals surface area contributed by atoms with Gasteiger partial charge in [0.25, 0.3) is 0 Å². The molecule has 1 aliphatic heterocycles. The summed E-state index contributed by atoms with van der Waals surface area (Å²) >= 11 is 0. The lowest BCUT2D eigenvalue weighted by Crippen LogP contribution is -2.56. The molecule has 2 aromatic rings. The molecule has 1 aromatic heterocycles. The van der Waals surface area contributed by atoms with Gasteiger partial charge in [0.05, 0.1) is 11.0 Å². The molecule has 1 aliphatic rings. The van der Waals surface area contributed by atoms with Crippen molar-refractivity contribution in [3.63, 3.8) is 0 Å². The molecule has 0 spiro atoms. The minimum Gasteiger partial charge on any atom is -0.327 e. The number of likely N-dealkylation sites (tertiary alicyclic amines) is 1. The maximum absolute atomic E-state index is 12.3. The van der Waals surface area contributed by atoms with E-state index in [1.807, 2.05) is 35.9 Å². The predicted molar refractivity (Wildman–Crippen MR) is 79.7 cm³/mol. The van der Waals surface area contributed by atoms with Crippen LogP contribution in [0, 0.1) is 0 Å².